The topological polar surface area (TPSA) is 61.8 Å². The van der Waals surface area contributed by atoms with Crippen LogP contribution in [0.5, 0.6) is 5.75 Å². The summed E-state index contributed by atoms with van der Waals surface area (Å²) in [5, 5.41) is 9.97. The Labute approximate surface area is 189 Å². The minimum atomic E-state index is 0. The van der Waals surface area contributed by atoms with Gasteiger partial charge in [-0.3, -0.25) is 4.99 Å². The van der Waals surface area contributed by atoms with Gasteiger partial charge in [0.1, 0.15) is 10.8 Å². The molecular weight excluding hydrogens is 485 g/mol. The molecule has 0 fully saturated rings. The van der Waals surface area contributed by atoms with Crippen LogP contribution in [-0.2, 0) is 6.54 Å². The van der Waals surface area contributed by atoms with Crippen LogP contribution in [0.4, 0.5) is 0 Å². The molecule has 0 saturated carbocycles. The minimum absolute atomic E-state index is 0. The zero-order valence-corrected chi connectivity index (χ0v) is 20.7. The highest BCUT2D eigenvalue weighted by molar-refractivity contribution is 14.0. The van der Waals surface area contributed by atoms with E-state index < -0.39 is 0 Å². The smallest absolute Gasteiger partial charge is 0.191 e. The Morgan fingerprint density at radius 3 is 2.61 bits per heavy atom. The molecule has 0 amide bonds. The van der Waals surface area contributed by atoms with E-state index in [-0.39, 0.29) is 30.0 Å². The molecule has 0 spiro atoms. The first-order chi connectivity index (χ1) is 12.9. The van der Waals surface area contributed by atoms with Gasteiger partial charge in [-0.25, -0.2) is 4.98 Å². The Balaban J connectivity index is 0.00000392. The number of benzene rings is 1. The summed E-state index contributed by atoms with van der Waals surface area (Å²) < 4.78 is 5.36. The number of aliphatic imine (C=N–C) groups is 1. The maximum atomic E-state index is 5.36. The number of ether oxygens (including phenoxy) is 1. The van der Waals surface area contributed by atoms with E-state index in [0.717, 1.165) is 29.0 Å². The molecule has 1 unspecified atom stereocenters. The van der Waals surface area contributed by atoms with Gasteiger partial charge in [-0.2, -0.15) is 0 Å². The first kappa shape index (κ1) is 24.6. The molecule has 1 heterocycles. The Bertz CT molecular complexity index is 748. The molecule has 0 saturated heterocycles. The molecule has 2 aromatic rings. The number of nitrogens with one attached hydrogen (secondary N) is 2. The van der Waals surface area contributed by atoms with Gasteiger partial charge in [0, 0.05) is 19.0 Å². The molecule has 0 bridgehead atoms. The van der Waals surface area contributed by atoms with Gasteiger partial charge >= 0.3 is 0 Å². The summed E-state index contributed by atoms with van der Waals surface area (Å²) in [6, 6.07) is 8.38. The molecule has 1 aromatic carbocycles. The van der Waals surface area contributed by atoms with Crippen LogP contribution >= 0.6 is 35.3 Å². The maximum absolute atomic E-state index is 5.36. The molecule has 2 rings (SSSR count). The summed E-state index contributed by atoms with van der Waals surface area (Å²) in [4.78, 5) is 11.2. The molecule has 1 atom stereocenters. The van der Waals surface area contributed by atoms with Crippen molar-refractivity contribution >= 4 is 41.3 Å². The second-order valence-electron chi connectivity index (χ2n) is 6.88. The predicted octanol–water partition coefficient (Wildman–Crippen LogP) is 3.86. The van der Waals surface area contributed by atoms with Crippen molar-refractivity contribution in [2.24, 2.45) is 4.99 Å². The van der Waals surface area contributed by atoms with Gasteiger partial charge in [-0.1, -0.05) is 26.0 Å². The molecule has 8 heteroatoms. The zero-order valence-electron chi connectivity index (χ0n) is 17.5. The van der Waals surface area contributed by atoms with Gasteiger partial charge in [-0.15, -0.1) is 35.3 Å². The fourth-order valence-corrected chi connectivity index (χ4v) is 3.59. The molecule has 2 N–H and O–H groups in total. The van der Waals surface area contributed by atoms with Gasteiger partial charge in [0.15, 0.2) is 5.96 Å². The minimum Gasteiger partial charge on any atom is -0.497 e. The molecule has 6 nitrogen and oxygen atoms in total. The van der Waals surface area contributed by atoms with Crippen molar-refractivity contribution in [1.29, 1.82) is 0 Å². The quantitative estimate of drug-likeness (QED) is 0.317. The van der Waals surface area contributed by atoms with E-state index in [9.17, 15) is 0 Å². The Morgan fingerprint density at radius 2 is 2.04 bits per heavy atom. The highest BCUT2D eigenvalue weighted by Gasteiger charge is 2.15. The van der Waals surface area contributed by atoms with Gasteiger partial charge in [0.25, 0.3) is 0 Å². The standard InChI is InChI=1S/C20H31N5OS.HI/c1-14(2)17-13-27-19(24-17)12-23-20(21-3)22-11-18(25(4)5)15-8-7-9-16(10-15)26-6;/h7-10,13-14,18H,11-12H2,1-6H3,(H2,21,22,23);1H. The number of rotatable bonds is 8. The van der Waals surface area contributed by atoms with E-state index in [0.29, 0.717) is 12.5 Å². The van der Waals surface area contributed by atoms with Crippen LogP contribution in [0.3, 0.4) is 0 Å². The second-order valence-corrected chi connectivity index (χ2v) is 7.83. The number of aromatic nitrogens is 1. The van der Waals surface area contributed by atoms with E-state index in [4.69, 9.17) is 4.74 Å². The molecule has 156 valence electrons. The van der Waals surface area contributed by atoms with Gasteiger partial charge in [0.2, 0.25) is 0 Å². The van der Waals surface area contributed by atoms with Crippen LogP contribution in [-0.4, -0.2) is 50.6 Å². The lowest BCUT2D eigenvalue weighted by Gasteiger charge is -2.26. The lowest BCUT2D eigenvalue weighted by Crippen LogP contribution is -2.41. The normalized spacial score (nSPS) is 12.6. The number of methoxy groups -OCH3 is 1. The summed E-state index contributed by atoms with van der Waals surface area (Å²) in [5.41, 5.74) is 2.34. The SMILES string of the molecule is CN=C(NCc1nc(C(C)C)cs1)NCC(c1cccc(OC)c1)N(C)C.I. The van der Waals surface area contributed by atoms with Crippen LogP contribution in [0.15, 0.2) is 34.6 Å². The average molecular weight is 517 g/mol. The third kappa shape index (κ3) is 7.21. The Morgan fingerprint density at radius 1 is 1.29 bits per heavy atom. The lowest BCUT2D eigenvalue weighted by molar-refractivity contribution is 0.297. The summed E-state index contributed by atoms with van der Waals surface area (Å²) in [7, 11) is 7.63. The number of hydrogen-bond acceptors (Lipinski definition) is 5. The number of likely N-dealkylation sites (N-methyl/N-ethyl adjacent to an activating group) is 1. The monoisotopic (exact) mass is 517 g/mol. The fourth-order valence-electron chi connectivity index (χ4n) is 2.69. The van der Waals surface area contributed by atoms with Gasteiger partial charge in [0.05, 0.1) is 25.4 Å². The van der Waals surface area contributed by atoms with Gasteiger partial charge < -0.3 is 20.3 Å². The van der Waals surface area contributed by atoms with Crippen molar-refractivity contribution in [1.82, 2.24) is 20.5 Å². The van der Waals surface area contributed by atoms with Crippen LogP contribution in [0.25, 0.3) is 0 Å². The molecule has 1 aromatic heterocycles. The molecular formula is C20H32IN5OS. The highest BCUT2D eigenvalue weighted by Crippen LogP contribution is 2.22. The predicted molar refractivity (Wildman–Crippen MR) is 129 cm³/mol. The van der Waals surface area contributed by atoms with Gasteiger partial charge in [-0.05, 0) is 37.7 Å². The number of nitrogens with zero attached hydrogens (tertiary/aromatic N) is 3. The van der Waals surface area contributed by atoms with Crippen molar-refractivity contribution in [3.05, 3.63) is 45.9 Å². The van der Waals surface area contributed by atoms with Crippen molar-refractivity contribution in [2.75, 3.05) is 34.8 Å². The van der Waals surface area contributed by atoms with Crippen molar-refractivity contribution in [3.8, 4) is 5.75 Å². The van der Waals surface area contributed by atoms with Crippen LogP contribution in [0.2, 0.25) is 0 Å². The molecule has 0 radical (unpaired) electrons. The number of thiazole rings is 1. The first-order valence-electron chi connectivity index (χ1n) is 9.13. The number of hydrogen-bond donors (Lipinski definition) is 2. The summed E-state index contributed by atoms with van der Waals surface area (Å²) >= 11 is 1.68. The number of guanidine groups is 1. The molecule has 28 heavy (non-hydrogen) atoms. The summed E-state index contributed by atoms with van der Waals surface area (Å²) in [6.07, 6.45) is 0. The largest absolute Gasteiger partial charge is 0.497 e. The third-order valence-corrected chi connectivity index (χ3v) is 5.22. The fraction of sp³-hybridized carbons (Fsp3) is 0.500. The van der Waals surface area contributed by atoms with Crippen molar-refractivity contribution in [2.45, 2.75) is 32.4 Å². The summed E-state index contributed by atoms with van der Waals surface area (Å²) in [6.45, 7) is 5.72. The second kappa shape index (κ2) is 12.2. The van der Waals surface area contributed by atoms with E-state index in [1.807, 2.05) is 12.1 Å². The first-order valence-corrected chi connectivity index (χ1v) is 10.0. The summed E-state index contributed by atoms with van der Waals surface area (Å²) in [5.74, 6) is 2.09. The Kier molecular flexibility index (Phi) is 10.8. The van der Waals surface area contributed by atoms with Crippen molar-refractivity contribution < 1.29 is 4.74 Å². The number of halogens is 1. The van der Waals surface area contributed by atoms with E-state index in [1.54, 1.807) is 25.5 Å². The van der Waals surface area contributed by atoms with E-state index in [2.05, 4.69) is 71.0 Å². The van der Waals surface area contributed by atoms with Crippen LogP contribution in [0.1, 0.15) is 42.1 Å². The van der Waals surface area contributed by atoms with E-state index >= 15 is 0 Å². The molecule has 0 aliphatic rings. The lowest BCUT2D eigenvalue weighted by atomic mass is 10.1. The Hall–Kier alpha value is -1.39. The molecule has 0 aliphatic carbocycles. The van der Waals surface area contributed by atoms with Crippen LogP contribution in [0, 0.1) is 0 Å². The van der Waals surface area contributed by atoms with Crippen molar-refractivity contribution in [3.63, 3.8) is 0 Å². The highest BCUT2D eigenvalue weighted by atomic mass is 127. The zero-order chi connectivity index (χ0) is 19.8. The maximum Gasteiger partial charge on any atom is 0.191 e. The average Bonchev–Trinajstić information content (AvgIpc) is 3.13. The molecule has 0 aliphatic heterocycles. The third-order valence-electron chi connectivity index (χ3n) is 4.36. The van der Waals surface area contributed by atoms with Crippen LogP contribution < -0.4 is 15.4 Å². The van der Waals surface area contributed by atoms with E-state index in [1.165, 1.54) is 5.56 Å².